The van der Waals surface area contributed by atoms with Crippen LogP contribution in [0.25, 0.3) is 10.1 Å². The molecule has 238 valence electrons. The molecular formula is C31H33F2N4O6PS. The van der Waals surface area contributed by atoms with Gasteiger partial charge in [0.1, 0.15) is 12.1 Å². The third-order valence-corrected chi connectivity index (χ3v) is 12.1. The van der Waals surface area contributed by atoms with Crippen molar-refractivity contribution in [1.29, 1.82) is 0 Å². The molecule has 5 atom stereocenters. The molecule has 1 aliphatic carbocycles. The number of nitrogens with one attached hydrogen (secondary N) is 1. The molecule has 4 aliphatic rings. The summed E-state index contributed by atoms with van der Waals surface area (Å²) in [5.41, 5.74) is -3.14. The Morgan fingerprint density at radius 3 is 2.58 bits per heavy atom. The molecule has 3 aromatic rings. The largest absolute Gasteiger partial charge is 0.399 e. The minimum absolute atomic E-state index is 0.0581. The molecule has 4 fully saturated rings. The standard InChI is InChI=1S/C31H33F2N4O6PS/c1-16-23(3-2-8-34-16)20-14-36(15-20)30(40)25-6-5-22-11-17-9-18(17)12-24(29(39)37(22)25)35-28(38)27-13-19-10-21(4-7-26(19)45-27)31(32,33)44(41,42)43/h2-4,7-8,10,13,17-18,20,22,24-25H,5-6,9,11-12,14-15H2,1H3,(H,35,38)(H2,41,42,43)/t17-,18+,22+,24-,25-/m0/s1. The van der Waals surface area contributed by atoms with Crippen molar-refractivity contribution in [3.05, 3.63) is 64.3 Å². The van der Waals surface area contributed by atoms with Gasteiger partial charge >= 0.3 is 13.3 Å². The highest BCUT2D eigenvalue weighted by Crippen LogP contribution is 2.59. The van der Waals surface area contributed by atoms with Crippen LogP contribution in [0.2, 0.25) is 0 Å². The molecular weight excluding hydrogens is 625 g/mol. The maximum absolute atomic E-state index is 14.3. The van der Waals surface area contributed by atoms with E-state index in [0.29, 0.717) is 42.5 Å². The second kappa shape index (κ2) is 10.9. The Bertz CT molecular complexity index is 1760. The molecule has 0 bridgehead atoms. The number of amides is 3. The van der Waals surface area contributed by atoms with Crippen molar-refractivity contribution in [3.8, 4) is 0 Å². The average Bonchev–Trinajstić information content (AvgIpc) is 3.34. The normalized spacial score (nSPS) is 27.0. The van der Waals surface area contributed by atoms with E-state index in [1.807, 2.05) is 24.0 Å². The van der Waals surface area contributed by atoms with Gasteiger partial charge in [0, 0.05) is 47.2 Å². The van der Waals surface area contributed by atoms with Crippen LogP contribution in [0.5, 0.6) is 0 Å². The first-order valence-electron chi connectivity index (χ1n) is 15.1. The maximum atomic E-state index is 14.3. The molecule has 45 heavy (non-hydrogen) atoms. The van der Waals surface area contributed by atoms with Gasteiger partial charge in [0.2, 0.25) is 11.8 Å². The van der Waals surface area contributed by atoms with Gasteiger partial charge in [-0.1, -0.05) is 12.1 Å². The van der Waals surface area contributed by atoms with E-state index in [9.17, 15) is 27.7 Å². The van der Waals surface area contributed by atoms with Crippen molar-refractivity contribution < 1.29 is 37.5 Å². The van der Waals surface area contributed by atoms with Gasteiger partial charge in [-0.05, 0) is 86.1 Å². The minimum atomic E-state index is -5.75. The lowest BCUT2D eigenvalue weighted by Gasteiger charge is -2.43. The number of hydrogen-bond donors (Lipinski definition) is 3. The Morgan fingerprint density at radius 2 is 1.84 bits per heavy atom. The van der Waals surface area contributed by atoms with Gasteiger partial charge < -0.3 is 24.9 Å². The van der Waals surface area contributed by atoms with Crippen molar-refractivity contribution in [2.75, 3.05) is 13.1 Å². The van der Waals surface area contributed by atoms with E-state index >= 15 is 0 Å². The van der Waals surface area contributed by atoms with Crippen molar-refractivity contribution in [2.45, 2.75) is 68.7 Å². The number of aromatic nitrogens is 1. The quantitative estimate of drug-likeness (QED) is 0.335. The Kier molecular flexibility index (Phi) is 7.39. The smallest absolute Gasteiger partial charge is 0.340 e. The predicted molar refractivity (Wildman–Crippen MR) is 162 cm³/mol. The number of alkyl halides is 2. The van der Waals surface area contributed by atoms with Crippen LogP contribution < -0.4 is 5.32 Å². The van der Waals surface area contributed by atoms with Crippen molar-refractivity contribution in [3.63, 3.8) is 0 Å². The van der Waals surface area contributed by atoms with Crippen LogP contribution >= 0.6 is 18.9 Å². The molecule has 1 saturated carbocycles. The number of halogens is 2. The fourth-order valence-electron chi connectivity index (χ4n) is 7.37. The fraction of sp³-hybridized carbons (Fsp3) is 0.484. The topological polar surface area (TPSA) is 140 Å². The summed E-state index contributed by atoms with van der Waals surface area (Å²) in [5, 5.41) is 3.12. The van der Waals surface area contributed by atoms with E-state index in [0.717, 1.165) is 54.0 Å². The number of aryl methyl sites for hydroxylation is 1. The highest BCUT2D eigenvalue weighted by atomic mass is 32.1. The number of rotatable bonds is 6. The SMILES string of the molecule is Cc1ncccc1C1CN(C(=O)[C@@H]2CC[C@@H]3C[C@@H]4C[C@@H]4C[C@H](NC(=O)c4cc5cc(C(F)(F)P(=O)(O)O)ccc5s4)C(=O)N32)C1. The summed E-state index contributed by atoms with van der Waals surface area (Å²) in [6, 6.07) is 7.06. The minimum Gasteiger partial charge on any atom is -0.340 e. The molecule has 3 amide bonds. The third kappa shape index (κ3) is 5.37. The highest BCUT2D eigenvalue weighted by molar-refractivity contribution is 7.52. The van der Waals surface area contributed by atoms with Gasteiger partial charge in [0.05, 0.1) is 4.88 Å². The molecule has 0 unspecified atom stereocenters. The van der Waals surface area contributed by atoms with Crippen LogP contribution in [0.3, 0.4) is 0 Å². The number of hydrogen-bond acceptors (Lipinski definition) is 6. The third-order valence-electron chi connectivity index (χ3n) is 9.96. The fourth-order valence-corrected chi connectivity index (χ4v) is 8.79. The van der Waals surface area contributed by atoms with Crippen LogP contribution in [0, 0.1) is 18.8 Å². The van der Waals surface area contributed by atoms with Crippen LogP contribution in [0.1, 0.15) is 64.5 Å². The molecule has 7 rings (SSSR count). The van der Waals surface area contributed by atoms with Gasteiger partial charge in [-0.15, -0.1) is 11.3 Å². The average molecular weight is 659 g/mol. The van der Waals surface area contributed by atoms with E-state index in [4.69, 9.17) is 9.79 Å². The number of likely N-dealkylation sites (tertiary alicyclic amines) is 1. The number of pyridine rings is 1. The molecule has 2 aromatic heterocycles. The molecule has 3 aliphatic heterocycles. The lowest BCUT2D eigenvalue weighted by Crippen LogP contribution is -2.59. The zero-order chi connectivity index (χ0) is 31.8. The maximum Gasteiger partial charge on any atom is 0.399 e. The predicted octanol–water partition coefficient (Wildman–Crippen LogP) is 4.35. The molecule has 14 heteroatoms. The zero-order valence-corrected chi connectivity index (χ0v) is 26.1. The van der Waals surface area contributed by atoms with Crippen LogP contribution in [0.15, 0.2) is 42.6 Å². The summed E-state index contributed by atoms with van der Waals surface area (Å²) in [6.07, 6.45) is 5.37. The van der Waals surface area contributed by atoms with Crippen LogP contribution in [-0.4, -0.2) is 73.5 Å². The van der Waals surface area contributed by atoms with Crippen molar-refractivity contribution in [1.82, 2.24) is 20.1 Å². The van der Waals surface area contributed by atoms with Gasteiger partial charge in [-0.25, -0.2) is 0 Å². The molecule has 0 radical (unpaired) electrons. The van der Waals surface area contributed by atoms with Crippen molar-refractivity contribution >= 4 is 46.7 Å². The summed E-state index contributed by atoms with van der Waals surface area (Å²) in [5.74, 6) is 0.108. The van der Waals surface area contributed by atoms with Crippen molar-refractivity contribution in [2.24, 2.45) is 11.8 Å². The number of thiophene rings is 1. The van der Waals surface area contributed by atoms with E-state index in [1.54, 1.807) is 11.1 Å². The molecule has 10 nitrogen and oxygen atoms in total. The highest BCUT2D eigenvalue weighted by Gasteiger charge is 2.53. The molecule has 0 spiro atoms. The molecule has 5 heterocycles. The second-order valence-corrected chi connectivity index (χ2v) is 15.5. The Hall–Kier alpha value is -3.25. The van der Waals surface area contributed by atoms with E-state index in [-0.39, 0.29) is 34.0 Å². The van der Waals surface area contributed by atoms with Gasteiger partial charge in [-0.2, -0.15) is 8.78 Å². The first-order chi connectivity index (χ1) is 21.3. The Labute approximate surface area is 262 Å². The first kappa shape index (κ1) is 30.4. The van der Waals surface area contributed by atoms with E-state index < -0.39 is 36.8 Å². The number of nitrogens with zero attached hydrogens (tertiary/aromatic N) is 3. The number of fused-ring (bicyclic) bond motifs is 3. The van der Waals surface area contributed by atoms with Gasteiger partial charge in [0.25, 0.3) is 5.91 Å². The number of carbonyl (C=O) groups excluding carboxylic acids is 3. The number of benzene rings is 1. The van der Waals surface area contributed by atoms with Crippen LogP contribution in [-0.2, 0) is 19.8 Å². The Balaban J connectivity index is 1.08. The Morgan fingerprint density at radius 1 is 1.09 bits per heavy atom. The lowest BCUT2D eigenvalue weighted by atomic mass is 9.89. The van der Waals surface area contributed by atoms with Crippen LogP contribution in [0.4, 0.5) is 8.78 Å². The molecule has 3 N–H and O–H groups in total. The summed E-state index contributed by atoms with van der Waals surface area (Å²) in [4.78, 5) is 67.5. The second-order valence-electron chi connectivity index (χ2n) is 12.8. The summed E-state index contributed by atoms with van der Waals surface area (Å²) >= 11 is 1.04. The number of carbonyl (C=O) groups is 3. The lowest BCUT2D eigenvalue weighted by molar-refractivity contribution is -0.149. The summed E-state index contributed by atoms with van der Waals surface area (Å²) in [7, 11) is -5.75. The first-order valence-corrected chi connectivity index (χ1v) is 17.6. The van der Waals surface area contributed by atoms with Gasteiger partial charge in [0.15, 0.2) is 0 Å². The molecule has 3 saturated heterocycles. The van der Waals surface area contributed by atoms with Gasteiger partial charge in [-0.3, -0.25) is 23.9 Å². The summed E-state index contributed by atoms with van der Waals surface area (Å²) in [6.45, 7) is 3.11. The van der Waals surface area contributed by atoms with E-state index in [2.05, 4.69) is 10.3 Å². The zero-order valence-electron chi connectivity index (χ0n) is 24.4. The summed E-state index contributed by atoms with van der Waals surface area (Å²) < 4.78 is 40.4. The van der Waals surface area contributed by atoms with E-state index in [1.165, 1.54) is 12.1 Å². The monoisotopic (exact) mass is 658 g/mol. The molecule has 1 aromatic carbocycles.